The summed E-state index contributed by atoms with van der Waals surface area (Å²) in [5, 5.41) is 0. The molecule has 0 unspecified atom stereocenters. The van der Waals surface area contributed by atoms with E-state index >= 15 is 0 Å². The fourth-order valence-electron chi connectivity index (χ4n) is 0.250. The van der Waals surface area contributed by atoms with Crippen molar-refractivity contribution in [3.05, 3.63) is 12.1 Å². The highest BCUT2D eigenvalue weighted by molar-refractivity contribution is 4.77. The van der Waals surface area contributed by atoms with Gasteiger partial charge in [0, 0.05) is 0 Å². The Labute approximate surface area is 42.7 Å². The molecule has 0 amide bonds. The van der Waals surface area contributed by atoms with E-state index in [2.05, 4.69) is 0 Å². The van der Waals surface area contributed by atoms with Gasteiger partial charge in [-0.3, -0.25) is 0 Å². The third-order valence-electron chi connectivity index (χ3n) is 0.479. The predicted octanol–water partition coefficient (Wildman–Crippen LogP) is 2.36. The van der Waals surface area contributed by atoms with Crippen LogP contribution >= 0.6 is 0 Å². The van der Waals surface area contributed by atoms with Crippen LogP contribution in [-0.4, -0.2) is 0 Å². The maximum Gasteiger partial charge on any atom is 0.0572 e. The zero-order valence-electron chi connectivity index (χ0n) is 6.41. The van der Waals surface area contributed by atoms with Crippen molar-refractivity contribution in [3.63, 3.8) is 0 Å². The standard InChI is InChI=1S/C6H12/c1-3-5-6-4-2/h5-6H,3-4H2,1-2H3/b6-5-/i5D,6D. The Morgan fingerprint density at radius 3 is 1.83 bits per heavy atom. The minimum absolute atomic E-state index is 0.465. The van der Waals surface area contributed by atoms with Crippen molar-refractivity contribution in [2.45, 2.75) is 26.7 Å². The predicted molar refractivity (Wildman–Crippen MR) is 29.7 cm³/mol. The molecule has 0 aromatic carbocycles. The molecule has 0 aromatic rings. The van der Waals surface area contributed by atoms with Crippen molar-refractivity contribution >= 4 is 0 Å². The summed E-state index contributed by atoms with van der Waals surface area (Å²) in [5.74, 6) is 0. The van der Waals surface area contributed by atoms with Gasteiger partial charge in [0.25, 0.3) is 0 Å². The van der Waals surface area contributed by atoms with Crippen LogP contribution in [0, 0.1) is 0 Å². The summed E-state index contributed by atoms with van der Waals surface area (Å²) in [6.45, 7) is 3.79. The highest BCUT2D eigenvalue weighted by Gasteiger charge is 1.60. The molecular formula is C6H12. The monoisotopic (exact) mass is 86.1 g/mol. The first kappa shape index (κ1) is 2.84. The Morgan fingerprint density at radius 1 is 1.33 bits per heavy atom. The molecule has 0 aliphatic heterocycles. The highest BCUT2D eigenvalue weighted by atomic mass is 13.7. The molecule has 0 nitrogen and oxygen atoms in total. The van der Waals surface area contributed by atoms with Crippen LogP contribution in [-0.2, 0) is 0 Å². The first-order valence-corrected chi connectivity index (χ1v) is 2.37. The molecule has 36 valence electrons. The van der Waals surface area contributed by atoms with E-state index in [1.165, 1.54) is 0 Å². The Balaban J connectivity index is 3.83. The van der Waals surface area contributed by atoms with E-state index in [4.69, 9.17) is 2.74 Å². The first-order valence-electron chi connectivity index (χ1n) is 3.37. The summed E-state index contributed by atoms with van der Waals surface area (Å²) in [6.07, 6.45) is 1.37. The average molecular weight is 86.2 g/mol. The molecule has 0 aromatic heterocycles. The molecule has 6 heavy (non-hydrogen) atoms. The molecule has 0 saturated heterocycles. The van der Waals surface area contributed by atoms with Gasteiger partial charge < -0.3 is 0 Å². The fourth-order valence-corrected chi connectivity index (χ4v) is 0.250. The second-order valence-electron chi connectivity index (χ2n) is 1.06. The van der Waals surface area contributed by atoms with Crippen molar-refractivity contribution in [1.82, 2.24) is 0 Å². The summed E-state index contributed by atoms with van der Waals surface area (Å²) >= 11 is 0. The van der Waals surface area contributed by atoms with Gasteiger partial charge in [-0.15, -0.1) is 0 Å². The quantitative estimate of drug-likeness (QED) is 0.452. The van der Waals surface area contributed by atoms with Gasteiger partial charge in [0.05, 0.1) is 2.74 Å². The van der Waals surface area contributed by atoms with Gasteiger partial charge in [-0.05, 0) is 12.8 Å². The lowest BCUT2D eigenvalue weighted by Crippen LogP contribution is -1.51. The first-order chi connectivity index (χ1) is 3.72. The zero-order chi connectivity index (χ0) is 6.57. The van der Waals surface area contributed by atoms with Gasteiger partial charge in [-0.2, -0.15) is 0 Å². The topological polar surface area (TPSA) is 0 Å². The van der Waals surface area contributed by atoms with Crippen molar-refractivity contribution in [3.8, 4) is 0 Å². The van der Waals surface area contributed by atoms with E-state index in [1.807, 2.05) is 13.8 Å². The van der Waals surface area contributed by atoms with Crippen LogP contribution in [0.5, 0.6) is 0 Å². The summed E-state index contributed by atoms with van der Waals surface area (Å²) in [4.78, 5) is 0. The van der Waals surface area contributed by atoms with Crippen LogP contribution in [0.1, 0.15) is 29.4 Å². The Bertz CT molecular complexity index is 82.7. The maximum atomic E-state index is 7.12. The largest absolute Gasteiger partial charge is 0.0888 e. The molecule has 0 fully saturated rings. The van der Waals surface area contributed by atoms with Crippen molar-refractivity contribution in [2.24, 2.45) is 0 Å². The summed E-state index contributed by atoms with van der Waals surface area (Å²) in [7, 11) is 0. The van der Waals surface area contributed by atoms with Crippen molar-refractivity contribution in [2.75, 3.05) is 0 Å². The van der Waals surface area contributed by atoms with Gasteiger partial charge in [0.15, 0.2) is 0 Å². The van der Waals surface area contributed by atoms with Crippen LogP contribution in [0.25, 0.3) is 0 Å². The summed E-state index contributed by atoms with van der Waals surface area (Å²) in [5.41, 5.74) is 0. The van der Waals surface area contributed by atoms with E-state index in [1.54, 1.807) is 0 Å². The molecule has 0 atom stereocenters. The molecule has 0 N–H and O–H groups in total. The molecule has 0 rings (SSSR count). The van der Waals surface area contributed by atoms with Gasteiger partial charge in [-0.1, -0.05) is 26.0 Å². The third kappa shape index (κ3) is 3.74. The Hall–Kier alpha value is -0.260. The lowest BCUT2D eigenvalue weighted by molar-refractivity contribution is 1.16. The number of hydrogen-bond donors (Lipinski definition) is 0. The fraction of sp³-hybridized carbons (Fsp3) is 0.667. The van der Waals surface area contributed by atoms with E-state index in [0.717, 1.165) is 0 Å². The lowest BCUT2D eigenvalue weighted by Gasteiger charge is -1.72. The Kier molecular flexibility index (Phi) is 2.24. The minimum Gasteiger partial charge on any atom is -0.0888 e. The van der Waals surface area contributed by atoms with E-state index in [0.29, 0.717) is 24.9 Å². The molecule has 0 aliphatic carbocycles. The lowest BCUT2D eigenvalue weighted by atomic mass is 10.4. The van der Waals surface area contributed by atoms with Crippen LogP contribution < -0.4 is 0 Å². The van der Waals surface area contributed by atoms with Gasteiger partial charge >= 0.3 is 0 Å². The molecule has 0 heterocycles. The van der Waals surface area contributed by atoms with E-state index in [9.17, 15) is 0 Å². The number of rotatable bonds is 2. The van der Waals surface area contributed by atoms with E-state index < -0.39 is 0 Å². The SMILES string of the molecule is [2H]/C(CC)=C(\[2H])CC. The molecule has 0 saturated carbocycles. The van der Waals surface area contributed by atoms with Gasteiger partial charge in [0.2, 0.25) is 0 Å². The second kappa shape index (κ2) is 4.74. The normalized spacial score (nSPS) is 18.3. The zero-order valence-corrected chi connectivity index (χ0v) is 4.41. The third-order valence-corrected chi connectivity index (χ3v) is 0.479. The van der Waals surface area contributed by atoms with Crippen LogP contribution in [0.4, 0.5) is 0 Å². The second-order valence-corrected chi connectivity index (χ2v) is 1.06. The smallest absolute Gasteiger partial charge is 0.0572 e. The molecule has 0 bridgehead atoms. The van der Waals surface area contributed by atoms with Crippen LogP contribution in [0.2, 0.25) is 0 Å². The molecule has 0 radical (unpaired) electrons. The Morgan fingerprint density at radius 2 is 1.67 bits per heavy atom. The van der Waals surface area contributed by atoms with Gasteiger partial charge in [-0.25, -0.2) is 0 Å². The number of hydrogen-bond acceptors (Lipinski definition) is 0. The highest BCUT2D eigenvalue weighted by Crippen LogP contribution is 1.81. The molecule has 0 aliphatic rings. The minimum atomic E-state index is 0.465. The van der Waals surface area contributed by atoms with Crippen LogP contribution in [0.15, 0.2) is 12.1 Å². The molecular weight excluding hydrogens is 72.1 g/mol. The number of allylic oxidation sites excluding steroid dienone is 2. The van der Waals surface area contributed by atoms with Gasteiger partial charge in [0.1, 0.15) is 0 Å². The van der Waals surface area contributed by atoms with Crippen LogP contribution in [0.3, 0.4) is 0 Å². The van der Waals surface area contributed by atoms with Crippen molar-refractivity contribution < 1.29 is 2.74 Å². The molecule has 0 spiro atoms. The summed E-state index contributed by atoms with van der Waals surface area (Å²) < 4.78 is 14.2. The van der Waals surface area contributed by atoms with Crippen molar-refractivity contribution in [1.29, 1.82) is 0 Å². The maximum absolute atomic E-state index is 7.12. The van der Waals surface area contributed by atoms with E-state index in [-0.39, 0.29) is 0 Å². The average Bonchev–Trinajstić information content (AvgIpc) is 1.84. The molecule has 0 heteroatoms. The summed E-state index contributed by atoms with van der Waals surface area (Å²) in [6, 6.07) is 0.931.